The van der Waals surface area contributed by atoms with E-state index in [0.717, 1.165) is 5.71 Å². The van der Waals surface area contributed by atoms with Gasteiger partial charge in [-0.25, -0.2) is 0 Å². The second-order valence-corrected chi connectivity index (χ2v) is 18.1. The Hall–Kier alpha value is -1.92. The summed E-state index contributed by atoms with van der Waals surface area (Å²) in [6.45, 7) is 15.9. The molecule has 0 aliphatic rings. The van der Waals surface area contributed by atoms with Crippen LogP contribution in [0.2, 0.25) is 39.3 Å². The lowest BCUT2D eigenvalue weighted by Crippen LogP contribution is -2.40. The highest BCUT2D eigenvalue weighted by Crippen LogP contribution is 2.18. The van der Waals surface area contributed by atoms with Crippen LogP contribution >= 0.6 is 0 Å². The molecule has 2 aromatic rings. The summed E-state index contributed by atoms with van der Waals surface area (Å²) >= 11 is 0. The van der Waals surface area contributed by atoms with Crippen molar-refractivity contribution in [2.75, 3.05) is 0 Å². The Kier molecular flexibility index (Phi) is 6.42. The minimum atomic E-state index is -1.61. The van der Waals surface area contributed by atoms with Gasteiger partial charge in [0.2, 0.25) is 0 Å². The van der Waals surface area contributed by atoms with E-state index in [1.807, 2.05) is 0 Å². The molecule has 0 spiro atoms. The van der Waals surface area contributed by atoms with Gasteiger partial charge >= 0.3 is 0 Å². The first-order chi connectivity index (χ1) is 12.0. The van der Waals surface area contributed by atoms with E-state index >= 15 is 0 Å². The lowest BCUT2D eigenvalue weighted by atomic mass is 10.1. The van der Waals surface area contributed by atoms with Crippen LogP contribution in [0.3, 0.4) is 0 Å². The number of aryl methyl sites for hydroxylation is 1. The lowest BCUT2D eigenvalue weighted by Gasteiger charge is -2.23. The fourth-order valence-corrected chi connectivity index (χ4v) is 4.56. The van der Waals surface area contributed by atoms with Crippen LogP contribution in [0.5, 0.6) is 0 Å². The highest BCUT2D eigenvalue weighted by molar-refractivity contribution is 6.76. The number of hydrogen-bond acceptors (Lipinski definition) is 2. The van der Waals surface area contributed by atoms with Crippen LogP contribution in [0.15, 0.2) is 65.3 Å². The first-order valence-electron chi connectivity index (χ1n) is 9.26. The van der Waals surface area contributed by atoms with Crippen molar-refractivity contribution in [3.63, 3.8) is 0 Å². The van der Waals surface area contributed by atoms with Crippen molar-refractivity contribution >= 4 is 27.9 Å². The fraction of sp³-hybridized carbons (Fsp3) is 0.318. The first-order valence-corrected chi connectivity index (χ1v) is 16.2. The Labute approximate surface area is 161 Å². The number of benzene rings is 2. The molecule has 2 nitrogen and oxygen atoms in total. The van der Waals surface area contributed by atoms with Crippen molar-refractivity contribution < 1.29 is 0 Å². The van der Waals surface area contributed by atoms with E-state index in [1.165, 1.54) is 22.4 Å². The molecule has 0 saturated carbocycles. The summed E-state index contributed by atoms with van der Waals surface area (Å²) in [5.41, 5.74) is 5.92. The maximum atomic E-state index is 5.15. The van der Waals surface area contributed by atoms with E-state index in [2.05, 4.69) is 112 Å². The van der Waals surface area contributed by atoms with Crippen LogP contribution in [0.25, 0.3) is 5.70 Å². The second kappa shape index (κ2) is 8.19. The molecule has 0 unspecified atom stereocenters. The molecule has 0 aliphatic carbocycles. The molecule has 138 valence electrons. The van der Waals surface area contributed by atoms with Gasteiger partial charge in [0.05, 0.1) is 5.71 Å². The maximum Gasteiger partial charge on any atom is 0.173 e. The predicted molar refractivity (Wildman–Crippen MR) is 122 cm³/mol. The van der Waals surface area contributed by atoms with E-state index in [4.69, 9.17) is 4.66 Å². The molecule has 2 aromatic carbocycles. The summed E-state index contributed by atoms with van der Waals surface area (Å²) in [5, 5.41) is 0. The molecule has 0 radical (unpaired) electrons. The van der Waals surface area contributed by atoms with Gasteiger partial charge in [-0.15, -0.1) is 0 Å². The van der Waals surface area contributed by atoms with Crippen LogP contribution in [0, 0.1) is 6.92 Å². The second-order valence-electron chi connectivity index (χ2n) is 8.83. The van der Waals surface area contributed by atoms with Crippen LogP contribution in [-0.2, 0) is 0 Å². The highest BCUT2D eigenvalue weighted by atomic mass is 28.3. The SMILES string of the molecule is Cc1ccc(C(=CC(=N[Si](C)(C)C)c2ccccc2)N[Si](C)(C)C)cc1. The Morgan fingerprint density at radius 3 is 1.88 bits per heavy atom. The minimum Gasteiger partial charge on any atom is -0.410 e. The number of nitrogens with zero attached hydrogens (tertiary/aromatic N) is 1. The molecule has 0 bridgehead atoms. The molecule has 4 heteroatoms. The number of rotatable bonds is 6. The van der Waals surface area contributed by atoms with Gasteiger partial charge in [-0.1, -0.05) is 79.8 Å². The Morgan fingerprint density at radius 2 is 1.38 bits per heavy atom. The molecule has 0 amide bonds. The standard InChI is InChI=1S/C22H32N2Si2/c1-18-13-15-20(16-14-18)22(24-26(5,6)7)17-21(23-25(2,3)4)19-11-9-8-10-12-19/h8-17,24H,1-7H3. The van der Waals surface area contributed by atoms with Crippen molar-refractivity contribution in [1.29, 1.82) is 0 Å². The summed E-state index contributed by atoms with van der Waals surface area (Å²) in [7, 11) is -3.12. The molecular formula is C22H32N2Si2. The van der Waals surface area contributed by atoms with Gasteiger partial charge in [-0.2, -0.15) is 0 Å². The van der Waals surface area contributed by atoms with Crippen molar-refractivity contribution in [1.82, 2.24) is 4.98 Å². The minimum absolute atomic E-state index is 1.08. The third kappa shape index (κ3) is 6.77. The van der Waals surface area contributed by atoms with Gasteiger partial charge in [0, 0.05) is 5.70 Å². The van der Waals surface area contributed by atoms with Gasteiger partial charge in [-0.05, 0) is 43.8 Å². The molecule has 0 heterocycles. The Bertz CT molecular complexity index is 778. The quantitative estimate of drug-likeness (QED) is 0.476. The molecule has 0 fully saturated rings. The largest absolute Gasteiger partial charge is 0.410 e. The number of hydrogen-bond donors (Lipinski definition) is 1. The maximum absolute atomic E-state index is 5.15. The van der Waals surface area contributed by atoms with E-state index in [-0.39, 0.29) is 0 Å². The van der Waals surface area contributed by atoms with Crippen molar-refractivity contribution in [3.05, 3.63) is 77.4 Å². The normalized spacial score (nSPS) is 13.7. The molecule has 2 rings (SSSR count). The summed E-state index contributed by atoms with van der Waals surface area (Å²) in [4.78, 5) is 3.81. The number of allylic oxidation sites excluding steroid dienone is 1. The van der Waals surface area contributed by atoms with Crippen LogP contribution in [0.1, 0.15) is 16.7 Å². The lowest BCUT2D eigenvalue weighted by molar-refractivity contribution is 1.26. The molecule has 0 saturated heterocycles. The zero-order valence-electron chi connectivity index (χ0n) is 17.2. The van der Waals surface area contributed by atoms with Crippen LogP contribution in [-0.4, -0.2) is 22.2 Å². The van der Waals surface area contributed by atoms with Gasteiger partial charge in [0.15, 0.2) is 8.24 Å². The van der Waals surface area contributed by atoms with Gasteiger partial charge in [0.1, 0.15) is 8.24 Å². The summed E-state index contributed by atoms with van der Waals surface area (Å²) in [5.74, 6) is 0. The Balaban J connectivity index is 2.59. The highest BCUT2D eigenvalue weighted by Gasteiger charge is 2.18. The number of nitrogens with one attached hydrogen (secondary N) is 1. The smallest absolute Gasteiger partial charge is 0.173 e. The Morgan fingerprint density at radius 1 is 0.808 bits per heavy atom. The fourth-order valence-electron chi connectivity index (χ4n) is 2.62. The van der Waals surface area contributed by atoms with E-state index in [9.17, 15) is 0 Å². The summed E-state index contributed by atoms with van der Waals surface area (Å²) in [6.07, 6.45) is 2.25. The topological polar surface area (TPSA) is 24.4 Å². The molecule has 0 atom stereocenters. The van der Waals surface area contributed by atoms with E-state index < -0.39 is 16.5 Å². The van der Waals surface area contributed by atoms with E-state index in [1.54, 1.807) is 0 Å². The van der Waals surface area contributed by atoms with E-state index in [0.29, 0.717) is 0 Å². The van der Waals surface area contributed by atoms with Crippen molar-refractivity contribution in [2.45, 2.75) is 46.2 Å². The summed E-state index contributed by atoms with van der Waals surface area (Å²) in [6, 6.07) is 19.3. The average Bonchev–Trinajstić information content (AvgIpc) is 2.52. The van der Waals surface area contributed by atoms with Crippen molar-refractivity contribution in [3.8, 4) is 0 Å². The van der Waals surface area contributed by atoms with Crippen molar-refractivity contribution in [2.24, 2.45) is 4.66 Å². The zero-order valence-corrected chi connectivity index (χ0v) is 19.2. The molecule has 1 N–H and O–H groups in total. The van der Waals surface area contributed by atoms with Gasteiger partial charge in [-0.3, -0.25) is 0 Å². The molecule has 0 aliphatic heterocycles. The molecule has 26 heavy (non-hydrogen) atoms. The molecular weight excluding hydrogens is 348 g/mol. The van der Waals surface area contributed by atoms with Gasteiger partial charge in [0.25, 0.3) is 0 Å². The first kappa shape index (κ1) is 20.4. The molecule has 0 aromatic heterocycles. The third-order valence-electron chi connectivity index (χ3n) is 3.68. The third-order valence-corrected chi connectivity index (χ3v) is 5.61. The predicted octanol–water partition coefficient (Wildman–Crippen LogP) is 6.08. The van der Waals surface area contributed by atoms with Gasteiger partial charge < -0.3 is 9.64 Å². The summed E-state index contributed by atoms with van der Waals surface area (Å²) < 4.78 is 5.15. The van der Waals surface area contributed by atoms with Crippen LogP contribution in [0.4, 0.5) is 0 Å². The average molecular weight is 381 g/mol. The zero-order chi connectivity index (χ0) is 19.4. The van der Waals surface area contributed by atoms with Crippen LogP contribution < -0.4 is 4.98 Å². The monoisotopic (exact) mass is 380 g/mol.